The van der Waals surface area contributed by atoms with E-state index in [-0.39, 0.29) is 6.10 Å². The number of carboxylic acids is 1. The van der Waals surface area contributed by atoms with Gasteiger partial charge >= 0.3 is 5.97 Å². The molecule has 1 aliphatic heterocycles. The van der Waals surface area contributed by atoms with Crippen LogP contribution in [-0.4, -0.2) is 56.5 Å². The molecule has 1 N–H and O–H groups in total. The maximum Gasteiger partial charge on any atom is 0.326 e. The highest BCUT2D eigenvalue weighted by molar-refractivity contribution is 5.81. The van der Waals surface area contributed by atoms with Crippen molar-refractivity contribution in [3.05, 3.63) is 18.2 Å². The Morgan fingerprint density at radius 1 is 1.50 bits per heavy atom. The zero-order valence-corrected chi connectivity index (χ0v) is 11.2. The summed E-state index contributed by atoms with van der Waals surface area (Å²) in [6, 6.07) is -0.657. The Bertz CT molecular complexity index is 656. The number of ether oxygens (including phenoxy) is 1. The molecule has 0 radical (unpaired) electrons. The van der Waals surface area contributed by atoms with Crippen molar-refractivity contribution in [2.24, 2.45) is 0 Å². The minimum atomic E-state index is -0.885. The molecule has 0 aliphatic carbocycles. The topological polar surface area (TPSA) is 92.9 Å². The third kappa shape index (κ3) is 1.88. The summed E-state index contributed by atoms with van der Waals surface area (Å²) in [5.74, 6) is 0.377. The molecule has 3 heterocycles. The largest absolute Gasteiger partial charge is 0.480 e. The van der Waals surface area contributed by atoms with E-state index >= 15 is 0 Å². The third-order valence-electron chi connectivity index (χ3n) is 3.63. The number of aryl methyl sites for hydroxylation is 1. The van der Waals surface area contributed by atoms with Crippen LogP contribution in [0.5, 0.6) is 0 Å². The van der Waals surface area contributed by atoms with Crippen LogP contribution < -0.4 is 4.90 Å². The Balaban J connectivity index is 2.07. The lowest BCUT2D eigenvalue weighted by atomic mass is 10.2. The zero-order valence-electron chi connectivity index (χ0n) is 11.2. The highest BCUT2D eigenvalue weighted by atomic mass is 16.5. The summed E-state index contributed by atoms with van der Waals surface area (Å²) in [6.45, 7) is 2.31. The zero-order chi connectivity index (χ0) is 14.3. The van der Waals surface area contributed by atoms with E-state index in [2.05, 4.69) is 15.2 Å². The standard InChI is InChI=1S/C12H15N5O3/c1-7-14-15-11-10(13-3-4-16(7)11)17-6-8(20-2)5-9(17)12(18)19/h3-4,8-9H,5-6H2,1-2H3,(H,18,19). The van der Waals surface area contributed by atoms with Crippen molar-refractivity contribution >= 4 is 17.4 Å². The molecular weight excluding hydrogens is 262 g/mol. The second-order valence-corrected chi connectivity index (χ2v) is 4.79. The third-order valence-corrected chi connectivity index (χ3v) is 3.63. The number of anilines is 1. The first-order chi connectivity index (χ1) is 9.61. The predicted octanol–water partition coefficient (Wildman–Crippen LogP) is 0.111. The van der Waals surface area contributed by atoms with E-state index in [1.807, 2.05) is 6.92 Å². The lowest BCUT2D eigenvalue weighted by Crippen LogP contribution is -2.36. The van der Waals surface area contributed by atoms with Crippen molar-refractivity contribution in [2.75, 3.05) is 18.6 Å². The molecule has 8 nitrogen and oxygen atoms in total. The van der Waals surface area contributed by atoms with Crippen molar-refractivity contribution in [1.82, 2.24) is 19.6 Å². The van der Waals surface area contributed by atoms with Gasteiger partial charge in [-0.25, -0.2) is 9.78 Å². The number of nitrogens with zero attached hydrogens (tertiary/aromatic N) is 5. The summed E-state index contributed by atoms with van der Waals surface area (Å²) in [5, 5.41) is 17.5. The summed E-state index contributed by atoms with van der Waals surface area (Å²) < 4.78 is 7.08. The maximum absolute atomic E-state index is 11.4. The molecule has 0 spiro atoms. The van der Waals surface area contributed by atoms with Crippen LogP contribution >= 0.6 is 0 Å². The van der Waals surface area contributed by atoms with Crippen LogP contribution in [0.1, 0.15) is 12.2 Å². The number of aliphatic carboxylic acids is 1. The van der Waals surface area contributed by atoms with Crippen LogP contribution in [0, 0.1) is 6.92 Å². The van der Waals surface area contributed by atoms with Crippen molar-refractivity contribution in [3.63, 3.8) is 0 Å². The van der Waals surface area contributed by atoms with Gasteiger partial charge in [-0.2, -0.15) is 0 Å². The Kier molecular flexibility index (Phi) is 3.01. The second-order valence-electron chi connectivity index (χ2n) is 4.79. The Morgan fingerprint density at radius 3 is 3.00 bits per heavy atom. The monoisotopic (exact) mass is 277 g/mol. The van der Waals surface area contributed by atoms with Crippen molar-refractivity contribution in [1.29, 1.82) is 0 Å². The number of fused-ring (bicyclic) bond motifs is 1. The van der Waals surface area contributed by atoms with Crippen LogP contribution in [0.4, 0.5) is 5.82 Å². The molecule has 2 atom stereocenters. The molecule has 106 valence electrons. The van der Waals surface area contributed by atoms with E-state index < -0.39 is 12.0 Å². The molecule has 20 heavy (non-hydrogen) atoms. The van der Waals surface area contributed by atoms with E-state index in [4.69, 9.17) is 4.74 Å². The molecule has 1 saturated heterocycles. The lowest BCUT2D eigenvalue weighted by molar-refractivity contribution is -0.138. The first-order valence-corrected chi connectivity index (χ1v) is 6.30. The summed E-state index contributed by atoms with van der Waals surface area (Å²) in [7, 11) is 1.59. The molecule has 2 aromatic heterocycles. The predicted molar refractivity (Wildman–Crippen MR) is 69.7 cm³/mol. The molecule has 2 aromatic rings. The van der Waals surface area contributed by atoms with Crippen LogP contribution in [0.15, 0.2) is 12.4 Å². The van der Waals surface area contributed by atoms with Gasteiger partial charge in [-0.15, -0.1) is 10.2 Å². The highest BCUT2D eigenvalue weighted by Gasteiger charge is 2.39. The fourth-order valence-corrected chi connectivity index (χ4v) is 2.57. The molecule has 0 aromatic carbocycles. The van der Waals surface area contributed by atoms with Gasteiger partial charge in [0.1, 0.15) is 11.9 Å². The fourth-order valence-electron chi connectivity index (χ4n) is 2.57. The van der Waals surface area contributed by atoms with Gasteiger partial charge in [-0.1, -0.05) is 0 Å². The minimum absolute atomic E-state index is 0.123. The Hall–Kier alpha value is -2.22. The average molecular weight is 277 g/mol. The van der Waals surface area contributed by atoms with E-state index in [1.165, 1.54) is 0 Å². The summed E-state index contributed by atoms with van der Waals surface area (Å²) in [4.78, 5) is 17.4. The number of hydrogen-bond acceptors (Lipinski definition) is 6. The van der Waals surface area contributed by atoms with E-state index in [9.17, 15) is 9.90 Å². The number of carboxylic acid groups (broad SMARTS) is 1. The highest BCUT2D eigenvalue weighted by Crippen LogP contribution is 2.28. The molecule has 1 fully saturated rings. The molecule has 2 unspecified atom stereocenters. The summed E-state index contributed by atoms with van der Waals surface area (Å²) in [5.41, 5.74) is 0.563. The second kappa shape index (κ2) is 4.71. The first-order valence-electron chi connectivity index (χ1n) is 6.30. The average Bonchev–Trinajstić information content (AvgIpc) is 3.03. The Labute approximate surface area is 115 Å². The normalized spacial score (nSPS) is 22.6. The number of hydrogen-bond donors (Lipinski definition) is 1. The van der Waals surface area contributed by atoms with E-state index in [1.54, 1.807) is 28.8 Å². The van der Waals surface area contributed by atoms with Crippen molar-refractivity contribution < 1.29 is 14.6 Å². The molecule has 0 amide bonds. The van der Waals surface area contributed by atoms with E-state index in [0.29, 0.717) is 24.4 Å². The maximum atomic E-state index is 11.4. The lowest BCUT2D eigenvalue weighted by Gasteiger charge is -2.22. The van der Waals surface area contributed by atoms with Gasteiger partial charge in [0, 0.05) is 32.5 Å². The van der Waals surface area contributed by atoms with Crippen LogP contribution in [0.3, 0.4) is 0 Å². The van der Waals surface area contributed by atoms with Crippen molar-refractivity contribution in [2.45, 2.75) is 25.5 Å². The smallest absolute Gasteiger partial charge is 0.326 e. The van der Waals surface area contributed by atoms with Gasteiger partial charge in [0.15, 0.2) is 5.82 Å². The Morgan fingerprint density at radius 2 is 2.30 bits per heavy atom. The van der Waals surface area contributed by atoms with Crippen LogP contribution in [-0.2, 0) is 9.53 Å². The quantitative estimate of drug-likeness (QED) is 0.851. The van der Waals surface area contributed by atoms with E-state index in [0.717, 1.165) is 5.82 Å². The number of carbonyl (C=O) groups is 1. The molecule has 8 heteroatoms. The van der Waals surface area contributed by atoms with Gasteiger partial charge in [-0.3, -0.25) is 4.40 Å². The number of methoxy groups -OCH3 is 1. The van der Waals surface area contributed by atoms with Crippen LogP contribution in [0.25, 0.3) is 5.65 Å². The molecular formula is C12H15N5O3. The minimum Gasteiger partial charge on any atom is -0.480 e. The van der Waals surface area contributed by atoms with Gasteiger partial charge in [0.05, 0.1) is 6.10 Å². The number of rotatable bonds is 3. The molecule has 0 saturated carbocycles. The van der Waals surface area contributed by atoms with Crippen molar-refractivity contribution in [3.8, 4) is 0 Å². The molecule has 0 bridgehead atoms. The van der Waals surface area contributed by atoms with Gasteiger partial charge in [0.25, 0.3) is 0 Å². The van der Waals surface area contributed by atoms with Crippen LogP contribution in [0.2, 0.25) is 0 Å². The summed E-state index contributed by atoms with van der Waals surface area (Å²) in [6.07, 6.45) is 3.69. The van der Waals surface area contributed by atoms with Gasteiger partial charge < -0.3 is 14.7 Å². The summed E-state index contributed by atoms with van der Waals surface area (Å²) >= 11 is 0. The number of aromatic nitrogens is 4. The first kappa shape index (κ1) is 12.8. The fraction of sp³-hybridized carbons (Fsp3) is 0.500. The van der Waals surface area contributed by atoms with Gasteiger partial charge in [0.2, 0.25) is 5.65 Å². The van der Waals surface area contributed by atoms with Gasteiger partial charge in [-0.05, 0) is 6.92 Å². The molecule has 3 rings (SSSR count). The SMILES string of the molecule is COC1CC(C(=O)O)N(c2nccn3c(C)nnc23)C1. The molecule has 1 aliphatic rings.